The maximum absolute atomic E-state index is 13.0. The number of fused-ring (bicyclic) bond motifs is 1. The Morgan fingerprint density at radius 2 is 1.78 bits per heavy atom. The van der Waals surface area contributed by atoms with E-state index in [1.165, 1.54) is 23.0 Å². The molecular weight excluding hydrogens is 685 g/mol. The van der Waals surface area contributed by atoms with E-state index in [2.05, 4.69) is 44.0 Å². The topological polar surface area (TPSA) is 311 Å². The number of hydrogen-bond donors (Lipinski definition) is 7. The van der Waals surface area contributed by atoms with Gasteiger partial charge >= 0.3 is 29.4 Å². The average Bonchev–Trinajstić information content (AvgIpc) is 3.39. The minimum Gasteiger partial charge on any atom is -0.451 e. The second-order valence-electron chi connectivity index (χ2n) is 8.13. The van der Waals surface area contributed by atoms with Gasteiger partial charge in [0, 0.05) is 10.2 Å². The quantitative estimate of drug-likeness (QED) is 0.0861. The van der Waals surface area contributed by atoms with E-state index in [1.807, 2.05) is 0 Å². The zero-order chi connectivity index (χ0) is 30.3. The summed E-state index contributed by atoms with van der Waals surface area (Å²) in [7, 11) is -17.0. The van der Waals surface area contributed by atoms with E-state index in [0.29, 0.717) is 4.47 Å². The molecule has 0 amide bonds. The second-order valence-corrected chi connectivity index (χ2v) is 13.5. The molecule has 9 N–H and O–H groups in total. The summed E-state index contributed by atoms with van der Waals surface area (Å²) in [6.45, 7) is -1.04. The van der Waals surface area contributed by atoms with Crippen LogP contribution in [0.4, 0.5) is 11.5 Å². The molecule has 1 saturated heterocycles. The fraction of sp³-hybridized carbons (Fsp3) is 0.294. The fourth-order valence-electron chi connectivity index (χ4n) is 3.63. The van der Waals surface area contributed by atoms with Crippen LogP contribution >= 0.6 is 39.4 Å². The minimum absolute atomic E-state index is 0.00745. The van der Waals surface area contributed by atoms with Gasteiger partial charge in [0.2, 0.25) is 0 Å². The van der Waals surface area contributed by atoms with Crippen LogP contribution in [-0.4, -0.2) is 75.1 Å². The Kier molecular flexibility index (Phi) is 9.04. The van der Waals surface area contributed by atoms with Crippen molar-refractivity contribution >= 4 is 68.0 Å². The third-order valence-corrected chi connectivity index (χ3v) is 9.57. The lowest BCUT2D eigenvalue weighted by Gasteiger charge is -2.22. The third kappa shape index (κ3) is 7.54. The van der Waals surface area contributed by atoms with Crippen molar-refractivity contribution < 1.29 is 65.8 Å². The molecule has 0 radical (unpaired) electrons. The van der Waals surface area contributed by atoms with E-state index >= 15 is 0 Å². The number of nitrogens with two attached hydrogens (primary N) is 2. The Hall–Kier alpha value is -2.35. The van der Waals surface area contributed by atoms with Gasteiger partial charge in [0.15, 0.2) is 23.8 Å². The monoisotopic (exact) mass is 704 g/mol. The molecule has 0 saturated carbocycles. The van der Waals surface area contributed by atoms with Crippen molar-refractivity contribution in [3.8, 4) is 0 Å². The molecule has 0 aliphatic carbocycles. The van der Waals surface area contributed by atoms with Crippen LogP contribution in [0.25, 0.3) is 11.2 Å². The summed E-state index contributed by atoms with van der Waals surface area (Å²) in [6, 6.07) is 4.36. The van der Waals surface area contributed by atoms with E-state index in [4.69, 9.17) is 30.7 Å². The van der Waals surface area contributed by atoms with Crippen LogP contribution in [0.5, 0.6) is 0 Å². The molecule has 224 valence electrons. The molecular formula is C17H20BrN6O14P3. The predicted octanol–water partition coefficient (Wildman–Crippen LogP) is 0.580. The summed E-state index contributed by atoms with van der Waals surface area (Å²) in [5.74, 6) is -1.000. The number of halogens is 1. The first-order chi connectivity index (χ1) is 19.0. The number of carbonyl (C=O) groups excluding carboxylic acids is 1. The van der Waals surface area contributed by atoms with Crippen LogP contribution in [0.1, 0.15) is 16.6 Å². The first-order valence-electron chi connectivity index (χ1n) is 10.8. The highest BCUT2D eigenvalue weighted by Gasteiger charge is 2.50. The van der Waals surface area contributed by atoms with Gasteiger partial charge in [0.1, 0.15) is 24.1 Å². The van der Waals surface area contributed by atoms with Gasteiger partial charge in [-0.1, -0.05) is 15.9 Å². The number of nitrogens with zero attached hydrogens (tertiary/aromatic N) is 4. The molecule has 20 nitrogen and oxygen atoms in total. The molecule has 1 aliphatic heterocycles. The number of carbonyl (C=O) groups is 1. The van der Waals surface area contributed by atoms with Gasteiger partial charge in [-0.2, -0.15) is 8.62 Å². The first kappa shape index (κ1) is 31.6. The fourth-order valence-corrected chi connectivity index (χ4v) is 7.02. The van der Waals surface area contributed by atoms with Crippen molar-refractivity contribution in [1.29, 1.82) is 0 Å². The van der Waals surface area contributed by atoms with Crippen LogP contribution in [-0.2, 0) is 36.3 Å². The Labute approximate surface area is 236 Å². The van der Waals surface area contributed by atoms with Crippen molar-refractivity contribution in [2.75, 3.05) is 18.1 Å². The Morgan fingerprint density at radius 1 is 1.07 bits per heavy atom. The summed E-state index contributed by atoms with van der Waals surface area (Å²) in [6.07, 6.45) is -4.05. The number of ether oxygens (including phenoxy) is 2. The average molecular weight is 705 g/mol. The number of nitrogen functional groups attached to an aromatic ring is 2. The van der Waals surface area contributed by atoms with Gasteiger partial charge in [-0.15, -0.1) is 0 Å². The second kappa shape index (κ2) is 11.7. The number of aliphatic hydroxyl groups is 1. The lowest BCUT2D eigenvalue weighted by molar-refractivity contribution is -0.0557. The van der Waals surface area contributed by atoms with Gasteiger partial charge in [0.05, 0.1) is 18.5 Å². The summed E-state index contributed by atoms with van der Waals surface area (Å²) in [5.41, 5.74) is 11.9. The number of benzene rings is 1. The maximum Gasteiger partial charge on any atom is 0.490 e. The van der Waals surface area contributed by atoms with Gasteiger partial charge in [0.25, 0.3) is 0 Å². The van der Waals surface area contributed by atoms with Crippen molar-refractivity contribution in [2.24, 2.45) is 0 Å². The molecule has 24 heteroatoms. The normalized spacial score (nSPS) is 24.1. The largest absolute Gasteiger partial charge is 0.490 e. The minimum atomic E-state index is -5.80. The lowest BCUT2D eigenvalue weighted by atomic mass is 10.1. The molecule has 41 heavy (non-hydrogen) atoms. The van der Waals surface area contributed by atoms with Crippen LogP contribution in [0.3, 0.4) is 0 Å². The molecule has 1 fully saturated rings. The smallest absolute Gasteiger partial charge is 0.451 e. The van der Waals surface area contributed by atoms with E-state index < -0.39 is 60.6 Å². The molecule has 3 aromatic rings. The molecule has 0 bridgehead atoms. The number of imidazole rings is 1. The first-order valence-corrected chi connectivity index (χ1v) is 16.1. The van der Waals surface area contributed by atoms with E-state index in [0.717, 1.165) is 6.33 Å². The number of phosphoric ester groups is 1. The van der Waals surface area contributed by atoms with E-state index in [-0.39, 0.29) is 28.2 Å². The summed E-state index contributed by atoms with van der Waals surface area (Å²) < 4.78 is 59.4. The van der Waals surface area contributed by atoms with Crippen molar-refractivity contribution in [3.63, 3.8) is 0 Å². The molecule has 1 aromatic carbocycles. The van der Waals surface area contributed by atoms with Crippen LogP contribution in [0, 0.1) is 0 Å². The molecule has 2 aromatic heterocycles. The highest BCUT2D eigenvalue weighted by Crippen LogP contribution is 2.66. The van der Waals surface area contributed by atoms with Gasteiger partial charge in [-0.3, -0.25) is 9.09 Å². The Morgan fingerprint density at radius 3 is 2.46 bits per heavy atom. The van der Waals surface area contributed by atoms with Crippen molar-refractivity contribution in [2.45, 2.75) is 24.5 Å². The molecule has 3 heterocycles. The zero-order valence-corrected chi connectivity index (χ0v) is 24.2. The van der Waals surface area contributed by atoms with E-state index in [9.17, 15) is 33.4 Å². The number of anilines is 2. The SMILES string of the molecule is Nc1ccc(Br)cc1C(=O)OC1C(O)C(COP(=O)(O)OP(=O)(O)OP(=O)(O)O)OC1n1cnc2c(N)ncnc21. The molecule has 6 unspecified atom stereocenters. The lowest BCUT2D eigenvalue weighted by Crippen LogP contribution is -2.37. The van der Waals surface area contributed by atoms with E-state index in [1.54, 1.807) is 6.07 Å². The van der Waals surface area contributed by atoms with Crippen molar-refractivity contribution in [3.05, 3.63) is 40.9 Å². The highest BCUT2D eigenvalue weighted by atomic mass is 79.9. The maximum atomic E-state index is 13.0. The summed E-state index contributed by atoms with van der Waals surface area (Å²) in [4.78, 5) is 61.4. The number of rotatable bonds is 10. The number of aliphatic hydroxyl groups excluding tert-OH is 1. The van der Waals surface area contributed by atoms with Crippen LogP contribution in [0.15, 0.2) is 35.3 Å². The van der Waals surface area contributed by atoms with Crippen LogP contribution < -0.4 is 11.5 Å². The number of esters is 1. The van der Waals surface area contributed by atoms with Gasteiger partial charge < -0.3 is 45.6 Å². The molecule has 0 spiro atoms. The van der Waals surface area contributed by atoms with Crippen LogP contribution in [0.2, 0.25) is 0 Å². The Bertz CT molecular complexity index is 1620. The predicted molar refractivity (Wildman–Crippen MR) is 137 cm³/mol. The third-order valence-electron chi connectivity index (χ3n) is 5.27. The highest BCUT2D eigenvalue weighted by molar-refractivity contribution is 9.10. The van der Waals surface area contributed by atoms with Gasteiger partial charge in [-0.05, 0) is 18.2 Å². The zero-order valence-electron chi connectivity index (χ0n) is 20.0. The number of phosphoric acid groups is 3. The Balaban J connectivity index is 1.60. The summed E-state index contributed by atoms with van der Waals surface area (Å²) in [5, 5.41) is 11.0. The number of aromatic nitrogens is 4. The molecule has 1 aliphatic rings. The molecule has 6 atom stereocenters. The van der Waals surface area contributed by atoms with Gasteiger partial charge in [-0.25, -0.2) is 33.4 Å². The molecule has 4 rings (SSSR count). The number of hydrogen-bond acceptors (Lipinski definition) is 15. The summed E-state index contributed by atoms with van der Waals surface area (Å²) >= 11 is 3.21. The standard InChI is InChI=1S/C17H20BrN6O14P3/c18-7-1-2-9(19)8(3-7)17(26)36-13-12(25)10(4-34-40(30,31)38-41(32,33)37-39(27,28)29)35-16(13)24-6-23-11-14(20)21-5-22-15(11)24/h1-3,5-6,10,12-13,16,25H,4,19H2,(H,30,31)(H,32,33)(H2,20,21,22)(H2,27,28,29). The van der Waals surface area contributed by atoms with Crippen molar-refractivity contribution in [1.82, 2.24) is 19.5 Å².